The van der Waals surface area contributed by atoms with Crippen LogP contribution in [0.5, 0.6) is 0 Å². The summed E-state index contributed by atoms with van der Waals surface area (Å²) in [4.78, 5) is 0. The Labute approximate surface area is 83.3 Å². The topological polar surface area (TPSA) is 0 Å². The minimum Gasteiger partial charge on any atom is -0.0985 e. The molecule has 0 spiro atoms. The van der Waals surface area contributed by atoms with Crippen molar-refractivity contribution in [3.05, 3.63) is 42.5 Å². The molecule has 0 amide bonds. The van der Waals surface area contributed by atoms with Crippen LogP contribution in [0, 0.1) is 0 Å². The Morgan fingerprint density at radius 2 is 1.54 bits per heavy atom. The number of rotatable bonds is 2. The van der Waals surface area contributed by atoms with Gasteiger partial charge in [-0.25, -0.2) is 0 Å². The molecular weight excluding hydrogens is 156 g/mol. The van der Waals surface area contributed by atoms with E-state index in [9.17, 15) is 0 Å². The van der Waals surface area contributed by atoms with Crippen LogP contribution in [0.3, 0.4) is 0 Å². The molecule has 0 nitrogen and oxygen atoms in total. The van der Waals surface area contributed by atoms with Crippen LogP contribution < -0.4 is 0 Å². The van der Waals surface area contributed by atoms with Crippen LogP contribution in [-0.4, -0.2) is 0 Å². The van der Waals surface area contributed by atoms with Crippen LogP contribution in [0.1, 0.15) is 39.7 Å². The third kappa shape index (κ3) is 8.87. The summed E-state index contributed by atoms with van der Waals surface area (Å²) in [5.41, 5.74) is 1.17. The number of benzene rings is 1. The predicted molar refractivity (Wildman–Crippen MR) is 63.8 cm³/mol. The summed E-state index contributed by atoms with van der Waals surface area (Å²) >= 11 is 0. The maximum absolute atomic E-state index is 3.63. The van der Waals surface area contributed by atoms with Crippen molar-refractivity contribution in [3.8, 4) is 0 Å². The molecule has 0 saturated heterocycles. The predicted octanol–water partition coefficient (Wildman–Crippen LogP) is 4.77. The minimum absolute atomic E-state index is 0. The molecule has 0 saturated carbocycles. The Morgan fingerprint density at radius 3 is 1.77 bits per heavy atom. The normalized spacial score (nSPS) is 7.54. The molecule has 0 aliphatic heterocycles. The Hall–Kier alpha value is -1.04. The van der Waals surface area contributed by atoms with E-state index < -0.39 is 0 Å². The van der Waals surface area contributed by atoms with Crippen LogP contribution in [0.2, 0.25) is 0 Å². The highest BCUT2D eigenvalue weighted by Crippen LogP contribution is 1.97. The molecule has 0 heterocycles. The van der Waals surface area contributed by atoms with Crippen LogP contribution in [0.25, 0.3) is 6.08 Å². The Kier molecular flexibility index (Phi) is 12.2. The summed E-state index contributed by atoms with van der Waals surface area (Å²) in [6.07, 6.45) is 4.47. The second-order valence-corrected chi connectivity index (χ2v) is 2.61. The smallest absolute Gasteiger partial charge is 0.0263 e. The lowest BCUT2D eigenvalue weighted by molar-refractivity contribution is 0.886. The van der Waals surface area contributed by atoms with Crippen molar-refractivity contribution in [2.75, 3.05) is 0 Å². The summed E-state index contributed by atoms with van der Waals surface area (Å²) in [6.45, 7) is 7.99. The van der Waals surface area contributed by atoms with Gasteiger partial charge in [0, 0.05) is 0 Å². The monoisotopic (exact) mass is 178 g/mol. The lowest BCUT2D eigenvalue weighted by Gasteiger charge is -1.85. The van der Waals surface area contributed by atoms with Gasteiger partial charge in [-0.15, -0.1) is 0 Å². The van der Waals surface area contributed by atoms with E-state index in [0.29, 0.717) is 0 Å². The van der Waals surface area contributed by atoms with Gasteiger partial charge in [0.25, 0.3) is 0 Å². The van der Waals surface area contributed by atoms with Gasteiger partial charge in [-0.1, -0.05) is 77.1 Å². The molecule has 1 aromatic carbocycles. The summed E-state index contributed by atoms with van der Waals surface area (Å²) in [6, 6.07) is 10.0. The molecule has 0 unspecified atom stereocenters. The summed E-state index contributed by atoms with van der Waals surface area (Å²) in [7, 11) is 0. The molecule has 0 aromatic heterocycles. The zero-order valence-corrected chi connectivity index (χ0v) is 8.09. The molecular formula is C13H22. The van der Waals surface area contributed by atoms with Gasteiger partial charge in [0.15, 0.2) is 0 Å². The molecule has 0 atom stereocenters. The SMILES string of the molecule is C.C=Cc1ccccc1.CCCC. The maximum Gasteiger partial charge on any atom is -0.0263 e. The van der Waals surface area contributed by atoms with Crippen LogP contribution in [0.15, 0.2) is 36.9 Å². The summed E-state index contributed by atoms with van der Waals surface area (Å²) in [5, 5.41) is 0. The number of unbranched alkanes of at least 4 members (excludes halogenated alkanes) is 1. The van der Waals surface area contributed by atoms with Crippen molar-refractivity contribution >= 4 is 6.08 Å². The van der Waals surface area contributed by atoms with Crippen molar-refractivity contribution in [2.45, 2.75) is 34.1 Å². The van der Waals surface area contributed by atoms with E-state index in [-0.39, 0.29) is 7.43 Å². The average molecular weight is 178 g/mol. The molecule has 0 fully saturated rings. The molecule has 1 rings (SSSR count). The quantitative estimate of drug-likeness (QED) is 0.612. The zero-order chi connectivity index (χ0) is 9.23. The standard InChI is InChI=1S/C8H8.C4H10.CH4/c1-2-8-6-4-3-5-7-8;1-3-4-2;/h2-7H,1H2;3-4H2,1-2H3;1H4. The molecule has 0 radical (unpaired) electrons. The molecule has 13 heavy (non-hydrogen) atoms. The van der Waals surface area contributed by atoms with E-state index in [1.165, 1.54) is 18.4 Å². The van der Waals surface area contributed by atoms with Gasteiger partial charge in [0.1, 0.15) is 0 Å². The van der Waals surface area contributed by atoms with Crippen molar-refractivity contribution in [3.63, 3.8) is 0 Å². The highest BCUT2D eigenvalue weighted by atomic mass is 13.8. The Balaban J connectivity index is 0. The van der Waals surface area contributed by atoms with Gasteiger partial charge < -0.3 is 0 Å². The first-order valence-corrected chi connectivity index (χ1v) is 4.52. The van der Waals surface area contributed by atoms with Crippen LogP contribution in [-0.2, 0) is 0 Å². The molecule has 0 heteroatoms. The molecule has 1 aromatic rings. The molecule has 74 valence electrons. The first-order chi connectivity index (χ1) is 5.85. The number of hydrogen-bond acceptors (Lipinski definition) is 0. The fourth-order valence-corrected chi connectivity index (χ4v) is 0.589. The van der Waals surface area contributed by atoms with Crippen LogP contribution >= 0.6 is 0 Å². The number of hydrogen-bond donors (Lipinski definition) is 0. The molecule has 0 bridgehead atoms. The van der Waals surface area contributed by atoms with E-state index in [1.807, 2.05) is 36.4 Å². The lowest BCUT2D eigenvalue weighted by Crippen LogP contribution is -1.63. The van der Waals surface area contributed by atoms with E-state index >= 15 is 0 Å². The van der Waals surface area contributed by atoms with Gasteiger partial charge in [0.05, 0.1) is 0 Å². The average Bonchev–Trinajstić information content (AvgIpc) is 2.19. The van der Waals surface area contributed by atoms with Gasteiger partial charge in [-0.2, -0.15) is 0 Å². The summed E-state index contributed by atoms with van der Waals surface area (Å²) < 4.78 is 0. The van der Waals surface area contributed by atoms with Crippen LogP contribution in [0.4, 0.5) is 0 Å². The highest BCUT2D eigenvalue weighted by Gasteiger charge is 1.75. The van der Waals surface area contributed by atoms with Gasteiger partial charge in [-0.3, -0.25) is 0 Å². The largest absolute Gasteiger partial charge is 0.0985 e. The summed E-state index contributed by atoms with van der Waals surface area (Å²) in [5.74, 6) is 0. The first kappa shape index (κ1) is 14.5. The van der Waals surface area contributed by atoms with Crippen molar-refractivity contribution in [1.82, 2.24) is 0 Å². The fraction of sp³-hybridized carbons (Fsp3) is 0.385. The van der Waals surface area contributed by atoms with E-state index in [2.05, 4.69) is 20.4 Å². The van der Waals surface area contributed by atoms with Gasteiger partial charge in [0.2, 0.25) is 0 Å². The second kappa shape index (κ2) is 11.0. The Bertz CT molecular complexity index is 184. The van der Waals surface area contributed by atoms with E-state index in [0.717, 1.165) is 0 Å². The molecule has 0 aliphatic carbocycles. The second-order valence-electron chi connectivity index (χ2n) is 2.61. The maximum atomic E-state index is 3.63. The minimum atomic E-state index is 0. The first-order valence-electron chi connectivity index (χ1n) is 4.52. The highest BCUT2D eigenvalue weighted by molar-refractivity contribution is 5.45. The molecule has 0 N–H and O–H groups in total. The zero-order valence-electron chi connectivity index (χ0n) is 8.09. The Morgan fingerprint density at radius 1 is 1.08 bits per heavy atom. The van der Waals surface area contributed by atoms with Crippen molar-refractivity contribution < 1.29 is 0 Å². The van der Waals surface area contributed by atoms with E-state index in [1.54, 1.807) is 0 Å². The van der Waals surface area contributed by atoms with Crippen molar-refractivity contribution in [1.29, 1.82) is 0 Å². The third-order valence-corrected chi connectivity index (χ3v) is 1.54. The van der Waals surface area contributed by atoms with Gasteiger partial charge >= 0.3 is 0 Å². The lowest BCUT2D eigenvalue weighted by atomic mass is 10.2. The van der Waals surface area contributed by atoms with E-state index in [4.69, 9.17) is 0 Å². The van der Waals surface area contributed by atoms with Crippen molar-refractivity contribution in [2.24, 2.45) is 0 Å². The fourth-order valence-electron chi connectivity index (χ4n) is 0.589. The third-order valence-electron chi connectivity index (χ3n) is 1.54. The molecule has 0 aliphatic rings. The van der Waals surface area contributed by atoms with Gasteiger partial charge in [-0.05, 0) is 5.56 Å².